The van der Waals surface area contributed by atoms with Crippen LogP contribution in [0.3, 0.4) is 0 Å². The number of rotatable bonds is 6. The molecule has 2 aliphatic rings. The molecular formula is C16H24N2O. The van der Waals surface area contributed by atoms with Crippen LogP contribution in [0, 0.1) is 5.92 Å². The van der Waals surface area contributed by atoms with Crippen molar-refractivity contribution in [2.24, 2.45) is 5.92 Å². The minimum Gasteiger partial charge on any atom is -0.493 e. The van der Waals surface area contributed by atoms with Gasteiger partial charge in [-0.15, -0.1) is 0 Å². The zero-order chi connectivity index (χ0) is 12.9. The van der Waals surface area contributed by atoms with E-state index in [1.54, 1.807) is 0 Å². The summed E-state index contributed by atoms with van der Waals surface area (Å²) in [5.74, 6) is 1.92. The summed E-state index contributed by atoms with van der Waals surface area (Å²) in [6.07, 6.45) is 3.80. The molecule has 1 saturated carbocycles. The van der Waals surface area contributed by atoms with Crippen LogP contribution >= 0.6 is 0 Å². The summed E-state index contributed by atoms with van der Waals surface area (Å²) in [6, 6.07) is 8.54. The molecule has 1 aromatic carbocycles. The van der Waals surface area contributed by atoms with Gasteiger partial charge in [0.05, 0.1) is 6.61 Å². The van der Waals surface area contributed by atoms with E-state index in [0.717, 1.165) is 44.3 Å². The van der Waals surface area contributed by atoms with Crippen LogP contribution in [0.1, 0.15) is 18.4 Å². The van der Waals surface area contributed by atoms with Gasteiger partial charge in [0.25, 0.3) is 0 Å². The van der Waals surface area contributed by atoms with Crippen LogP contribution in [0.15, 0.2) is 24.3 Å². The summed E-state index contributed by atoms with van der Waals surface area (Å²) in [4.78, 5) is 2.54. The molecule has 0 atom stereocenters. The van der Waals surface area contributed by atoms with E-state index in [0.29, 0.717) is 0 Å². The molecule has 1 aliphatic heterocycles. The number of para-hydroxylation sites is 1. The fourth-order valence-corrected chi connectivity index (χ4v) is 2.56. The Labute approximate surface area is 115 Å². The van der Waals surface area contributed by atoms with Gasteiger partial charge in [0.2, 0.25) is 0 Å². The molecule has 3 heteroatoms. The van der Waals surface area contributed by atoms with Gasteiger partial charge >= 0.3 is 0 Å². The lowest BCUT2D eigenvalue weighted by Gasteiger charge is -2.27. The fourth-order valence-electron chi connectivity index (χ4n) is 2.56. The Morgan fingerprint density at radius 1 is 1.16 bits per heavy atom. The van der Waals surface area contributed by atoms with Crippen LogP contribution in [0.25, 0.3) is 0 Å². The molecule has 19 heavy (non-hydrogen) atoms. The van der Waals surface area contributed by atoms with Crippen LogP contribution in [0.4, 0.5) is 0 Å². The van der Waals surface area contributed by atoms with Crippen molar-refractivity contribution in [2.45, 2.75) is 19.3 Å². The van der Waals surface area contributed by atoms with Gasteiger partial charge < -0.3 is 15.0 Å². The second-order valence-electron chi connectivity index (χ2n) is 5.70. The molecule has 1 saturated heterocycles. The third-order valence-electron chi connectivity index (χ3n) is 4.05. The predicted molar refractivity (Wildman–Crippen MR) is 77.7 cm³/mol. The normalized spacial score (nSPS) is 20.4. The summed E-state index contributed by atoms with van der Waals surface area (Å²) in [7, 11) is 0. The van der Waals surface area contributed by atoms with Gasteiger partial charge in [-0.25, -0.2) is 0 Å². The highest BCUT2D eigenvalue weighted by atomic mass is 16.5. The number of hydrogen-bond acceptors (Lipinski definition) is 3. The molecule has 1 N–H and O–H groups in total. The van der Waals surface area contributed by atoms with E-state index in [-0.39, 0.29) is 0 Å². The smallest absolute Gasteiger partial charge is 0.122 e. The van der Waals surface area contributed by atoms with Crippen molar-refractivity contribution in [1.82, 2.24) is 10.2 Å². The quantitative estimate of drug-likeness (QED) is 0.846. The summed E-state index contributed by atoms with van der Waals surface area (Å²) in [5, 5.41) is 3.40. The third kappa shape index (κ3) is 3.95. The highest BCUT2D eigenvalue weighted by Gasteiger charge is 2.22. The van der Waals surface area contributed by atoms with Crippen molar-refractivity contribution in [2.75, 3.05) is 39.3 Å². The minimum absolute atomic E-state index is 0.821. The van der Waals surface area contributed by atoms with Crippen molar-refractivity contribution >= 4 is 0 Å². The van der Waals surface area contributed by atoms with Gasteiger partial charge in [-0.1, -0.05) is 18.2 Å². The molecule has 1 heterocycles. The fraction of sp³-hybridized carbons (Fsp3) is 0.625. The molecule has 2 fully saturated rings. The average Bonchev–Trinajstić information content (AvgIpc) is 3.29. The number of piperazine rings is 1. The molecule has 0 aromatic heterocycles. The summed E-state index contributed by atoms with van der Waals surface area (Å²) in [6.45, 7) is 6.64. The number of nitrogens with one attached hydrogen (secondary N) is 1. The van der Waals surface area contributed by atoms with E-state index in [1.807, 2.05) is 0 Å². The molecule has 3 nitrogen and oxygen atoms in total. The van der Waals surface area contributed by atoms with Crippen LogP contribution in [-0.4, -0.2) is 44.2 Å². The van der Waals surface area contributed by atoms with Gasteiger partial charge in [0.1, 0.15) is 5.75 Å². The van der Waals surface area contributed by atoms with Crippen LogP contribution in [0.2, 0.25) is 0 Å². The number of nitrogens with zero attached hydrogens (tertiary/aromatic N) is 1. The lowest BCUT2D eigenvalue weighted by Crippen LogP contribution is -2.44. The number of ether oxygens (including phenoxy) is 1. The van der Waals surface area contributed by atoms with Gasteiger partial charge in [0.15, 0.2) is 0 Å². The predicted octanol–water partition coefficient (Wildman–Crippen LogP) is 1.92. The summed E-state index contributed by atoms with van der Waals surface area (Å²) in [5.41, 5.74) is 1.36. The van der Waals surface area contributed by atoms with E-state index in [1.165, 1.54) is 31.5 Å². The zero-order valence-corrected chi connectivity index (χ0v) is 11.6. The Balaban J connectivity index is 1.52. The third-order valence-corrected chi connectivity index (χ3v) is 4.05. The Kier molecular flexibility index (Phi) is 4.36. The molecular weight excluding hydrogens is 236 g/mol. The van der Waals surface area contributed by atoms with Crippen molar-refractivity contribution < 1.29 is 4.74 Å². The van der Waals surface area contributed by atoms with Crippen LogP contribution < -0.4 is 10.1 Å². The molecule has 3 rings (SSSR count). The first-order chi connectivity index (χ1) is 9.42. The van der Waals surface area contributed by atoms with Crippen molar-refractivity contribution in [1.29, 1.82) is 0 Å². The molecule has 1 aromatic rings. The average molecular weight is 260 g/mol. The Hall–Kier alpha value is -1.06. The molecule has 0 spiro atoms. The standard InChI is InChI=1S/C16H24N2O/c1-2-4-16(19-13-14-5-6-14)15(3-1)7-10-18-11-8-17-9-12-18/h1-4,14,17H,5-13H2. The number of hydrogen-bond donors (Lipinski definition) is 1. The molecule has 0 bridgehead atoms. The van der Waals surface area contributed by atoms with Gasteiger partial charge in [-0.2, -0.15) is 0 Å². The van der Waals surface area contributed by atoms with Crippen LogP contribution in [0.5, 0.6) is 5.75 Å². The molecule has 0 radical (unpaired) electrons. The van der Waals surface area contributed by atoms with Crippen molar-refractivity contribution in [3.05, 3.63) is 29.8 Å². The zero-order valence-electron chi connectivity index (χ0n) is 11.6. The molecule has 0 unspecified atom stereocenters. The van der Waals surface area contributed by atoms with Gasteiger partial charge in [-0.05, 0) is 36.8 Å². The Morgan fingerprint density at radius 3 is 2.74 bits per heavy atom. The molecule has 104 valence electrons. The largest absolute Gasteiger partial charge is 0.493 e. The first kappa shape index (κ1) is 12.9. The topological polar surface area (TPSA) is 24.5 Å². The molecule has 1 aliphatic carbocycles. The maximum absolute atomic E-state index is 5.97. The van der Waals surface area contributed by atoms with E-state index < -0.39 is 0 Å². The second-order valence-corrected chi connectivity index (χ2v) is 5.70. The monoisotopic (exact) mass is 260 g/mol. The Morgan fingerprint density at radius 2 is 1.95 bits per heavy atom. The van der Waals surface area contributed by atoms with Crippen molar-refractivity contribution in [3.8, 4) is 5.75 Å². The van der Waals surface area contributed by atoms with Crippen molar-refractivity contribution in [3.63, 3.8) is 0 Å². The highest BCUT2D eigenvalue weighted by molar-refractivity contribution is 5.33. The van der Waals surface area contributed by atoms with E-state index in [2.05, 4.69) is 34.5 Å². The maximum Gasteiger partial charge on any atom is 0.122 e. The highest BCUT2D eigenvalue weighted by Crippen LogP contribution is 2.30. The SMILES string of the molecule is c1ccc(OCC2CC2)c(CCN2CCNCC2)c1. The number of benzene rings is 1. The van der Waals surface area contributed by atoms with E-state index in [9.17, 15) is 0 Å². The lowest BCUT2D eigenvalue weighted by molar-refractivity contribution is 0.241. The van der Waals surface area contributed by atoms with E-state index >= 15 is 0 Å². The lowest BCUT2D eigenvalue weighted by atomic mass is 10.1. The van der Waals surface area contributed by atoms with E-state index in [4.69, 9.17) is 4.74 Å². The van der Waals surface area contributed by atoms with Gasteiger partial charge in [-0.3, -0.25) is 0 Å². The minimum atomic E-state index is 0.821. The second kappa shape index (κ2) is 6.40. The summed E-state index contributed by atoms with van der Waals surface area (Å²) >= 11 is 0. The van der Waals surface area contributed by atoms with Gasteiger partial charge in [0, 0.05) is 32.7 Å². The Bertz CT molecular complexity index is 397. The maximum atomic E-state index is 5.97. The first-order valence-electron chi connectivity index (χ1n) is 7.55. The molecule has 0 amide bonds. The first-order valence-corrected chi connectivity index (χ1v) is 7.55. The summed E-state index contributed by atoms with van der Waals surface area (Å²) < 4.78 is 5.97. The van der Waals surface area contributed by atoms with Crippen LogP contribution in [-0.2, 0) is 6.42 Å².